The number of thioether (sulfide) groups is 1. The van der Waals surface area contributed by atoms with Crippen molar-refractivity contribution >= 4 is 72.6 Å². The lowest BCUT2D eigenvalue weighted by molar-refractivity contribution is -0.110. The molecule has 2 aliphatic heterocycles. The van der Waals surface area contributed by atoms with E-state index in [-0.39, 0.29) is 17.4 Å². The second-order valence-corrected chi connectivity index (χ2v) is 9.85. The van der Waals surface area contributed by atoms with Crippen LogP contribution in [0.15, 0.2) is 39.3 Å². The van der Waals surface area contributed by atoms with Gasteiger partial charge in [-0.2, -0.15) is 11.8 Å². The van der Waals surface area contributed by atoms with Crippen molar-refractivity contribution in [3.8, 4) is 5.75 Å². The number of rotatable bonds is 4. The average Bonchev–Trinajstić information content (AvgIpc) is 3.01. The summed E-state index contributed by atoms with van der Waals surface area (Å²) in [6.07, 6.45) is 1.76. The fourth-order valence-electron chi connectivity index (χ4n) is 3.39. The predicted molar refractivity (Wildman–Crippen MR) is 125 cm³/mol. The highest BCUT2D eigenvalue weighted by atomic mass is 79.9. The first-order chi connectivity index (χ1) is 13.9. The van der Waals surface area contributed by atoms with Gasteiger partial charge in [-0.15, -0.1) is 0 Å². The molecule has 150 valence electrons. The smallest absolute Gasteiger partial charge is 0.256 e. The quantitative estimate of drug-likeness (QED) is 0.439. The Bertz CT molecular complexity index is 1010. The van der Waals surface area contributed by atoms with Crippen molar-refractivity contribution in [2.45, 2.75) is 0 Å². The van der Waals surface area contributed by atoms with Gasteiger partial charge in [0.05, 0.1) is 15.5 Å². The first-order valence-corrected chi connectivity index (χ1v) is 11.9. The predicted octanol–water partition coefficient (Wildman–Crippen LogP) is 4.64. The molecule has 2 heterocycles. The minimum atomic E-state index is -0.210. The lowest BCUT2D eigenvalue weighted by Gasteiger charge is -2.25. The molecule has 0 aromatic heterocycles. The molecule has 2 N–H and O–H groups in total. The number of hydrogen-bond donors (Lipinski definition) is 2. The number of anilines is 1. The van der Waals surface area contributed by atoms with Crippen molar-refractivity contribution < 1.29 is 14.7 Å². The van der Waals surface area contributed by atoms with Gasteiger partial charge in [0, 0.05) is 47.0 Å². The largest absolute Gasteiger partial charge is 0.506 e. The standard InChI is InChI=1S/C21H18Br2N2O3S/c22-16-8-12(9-17(23)20(16)27)7-15-14-10-13(1-2-18(14)24-21(15)28)19(26)11-25-3-5-29-6-4-25/h1-2,7-10,27H,3-6,11H2,(H,24,28). The molecule has 0 radical (unpaired) electrons. The van der Waals surface area contributed by atoms with Gasteiger partial charge in [-0.3, -0.25) is 14.5 Å². The average molecular weight is 538 g/mol. The SMILES string of the molecule is O=C1Nc2ccc(C(=O)CN3CCSCC3)cc2C1=Cc1cc(Br)c(O)c(Br)c1. The van der Waals surface area contributed by atoms with E-state index in [4.69, 9.17) is 0 Å². The maximum absolute atomic E-state index is 12.8. The fourth-order valence-corrected chi connectivity index (χ4v) is 5.59. The molecule has 2 aromatic rings. The van der Waals surface area contributed by atoms with Gasteiger partial charge in [-0.1, -0.05) is 0 Å². The number of amides is 1. The Morgan fingerprint density at radius 3 is 2.55 bits per heavy atom. The number of phenols is 1. The van der Waals surface area contributed by atoms with Crippen LogP contribution in [0.5, 0.6) is 5.75 Å². The number of carbonyl (C=O) groups is 2. The van der Waals surface area contributed by atoms with Crippen LogP contribution in [0.2, 0.25) is 0 Å². The second-order valence-electron chi connectivity index (χ2n) is 6.92. The van der Waals surface area contributed by atoms with Gasteiger partial charge in [-0.05, 0) is 73.8 Å². The summed E-state index contributed by atoms with van der Waals surface area (Å²) >= 11 is 8.53. The summed E-state index contributed by atoms with van der Waals surface area (Å²) in [5.74, 6) is 2.07. The molecule has 0 atom stereocenters. The van der Waals surface area contributed by atoms with Gasteiger partial charge >= 0.3 is 0 Å². The lowest BCUT2D eigenvalue weighted by Crippen LogP contribution is -2.36. The summed E-state index contributed by atoms with van der Waals surface area (Å²) in [5.41, 5.74) is 3.27. The van der Waals surface area contributed by atoms with Crippen molar-refractivity contribution in [2.75, 3.05) is 36.5 Å². The van der Waals surface area contributed by atoms with Crippen molar-refractivity contribution in [1.82, 2.24) is 4.90 Å². The molecule has 0 saturated carbocycles. The van der Waals surface area contributed by atoms with E-state index in [1.165, 1.54) is 0 Å². The highest BCUT2D eigenvalue weighted by Crippen LogP contribution is 2.37. The van der Waals surface area contributed by atoms with E-state index in [1.54, 1.807) is 36.4 Å². The number of carbonyl (C=O) groups excluding carboxylic acids is 2. The van der Waals surface area contributed by atoms with Crippen molar-refractivity contribution in [3.05, 3.63) is 56.0 Å². The number of benzene rings is 2. The van der Waals surface area contributed by atoms with E-state index in [0.29, 0.717) is 32.3 Å². The third-order valence-electron chi connectivity index (χ3n) is 4.95. The topological polar surface area (TPSA) is 69.6 Å². The van der Waals surface area contributed by atoms with Crippen LogP contribution in [-0.4, -0.2) is 52.8 Å². The zero-order valence-electron chi connectivity index (χ0n) is 15.4. The van der Waals surface area contributed by atoms with Crippen LogP contribution in [0.25, 0.3) is 11.6 Å². The number of Topliss-reactive ketones (excluding diaryl/α,β-unsaturated/α-hetero) is 1. The van der Waals surface area contributed by atoms with Crippen LogP contribution in [0.3, 0.4) is 0 Å². The van der Waals surface area contributed by atoms with E-state index in [9.17, 15) is 14.7 Å². The number of phenolic OH excluding ortho intramolecular Hbond substituents is 1. The minimum Gasteiger partial charge on any atom is -0.506 e. The molecule has 2 aliphatic rings. The molecule has 5 nitrogen and oxygen atoms in total. The number of halogens is 2. The molecular weight excluding hydrogens is 520 g/mol. The van der Waals surface area contributed by atoms with Gasteiger partial charge in [0.25, 0.3) is 5.91 Å². The molecule has 29 heavy (non-hydrogen) atoms. The summed E-state index contributed by atoms with van der Waals surface area (Å²) < 4.78 is 1.06. The van der Waals surface area contributed by atoms with Gasteiger partial charge in [-0.25, -0.2) is 0 Å². The van der Waals surface area contributed by atoms with Gasteiger partial charge in [0.2, 0.25) is 0 Å². The first-order valence-electron chi connectivity index (χ1n) is 9.11. The Labute approximate surface area is 189 Å². The van der Waals surface area contributed by atoms with Gasteiger partial charge in [0.1, 0.15) is 5.75 Å². The maximum Gasteiger partial charge on any atom is 0.256 e. The van der Waals surface area contributed by atoms with Gasteiger partial charge < -0.3 is 10.4 Å². The third-order valence-corrected chi connectivity index (χ3v) is 7.10. The van der Waals surface area contributed by atoms with Crippen molar-refractivity contribution in [2.24, 2.45) is 0 Å². The number of ketones is 1. The van der Waals surface area contributed by atoms with Crippen LogP contribution in [0.1, 0.15) is 21.5 Å². The first kappa shape index (κ1) is 20.7. The number of nitrogens with zero attached hydrogens (tertiary/aromatic N) is 1. The van der Waals surface area contributed by atoms with Crippen molar-refractivity contribution in [1.29, 1.82) is 0 Å². The lowest BCUT2D eigenvalue weighted by atomic mass is 10.00. The van der Waals surface area contributed by atoms with Gasteiger partial charge in [0.15, 0.2) is 5.78 Å². The molecule has 1 fully saturated rings. The molecule has 0 aliphatic carbocycles. The molecule has 0 spiro atoms. The van der Waals surface area contributed by atoms with E-state index in [0.717, 1.165) is 35.7 Å². The Morgan fingerprint density at radius 1 is 1.17 bits per heavy atom. The minimum absolute atomic E-state index is 0.0634. The Balaban J connectivity index is 1.64. The molecule has 1 amide bonds. The van der Waals surface area contributed by atoms with Crippen LogP contribution in [0.4, 0.5) is 5.69 Å². The highest BCUT2D eigenvalue weighted by Gasteiger charge is 2.26. The number of aromatic hydroxyl groups is 1. The summed E-state index contributed by atoms with van der Waals surface area (Å²) in [7, 11) is 0. The normalized spacial score (nSPS) is 18.0. The summed E-state index contributed by atoms with van der Waals surface area (Å²) in [5, 5.41) is 12.7. The highest BCUT2D eigenvalue weighted by molar-refractivity contribution is 9.11. The molecule has 0 unspecified atom stereocenters. The van der Waals surface area contributed by atoms with Crippen LogP contribution in [-0.2, 0) is 4.79 Å². The van der Waals surface area contributed by atoms with E-state index in [1.807, 2.05) is 11.8 Å². The van der Waals surface area contributed by atoms with E-state index >= 15 is 0 Å². The Hall–Kier alpha value is -1.61. The zero-order valence-corrected chi connectivity index (χ0v) is 19.4. The zero-order chi connectivity index (χ0) is 20.5. The molecule has 8 heteroatoms. The molecule has 2 aromatic carbocycles. The fraction of sp³-hybridized carbons (Fsp3) is 0.238. The number of nitrogens with one attached hydrogen (secondary N) is 1. The summed E-state index contributed by atoms with van der Waals surface area (Å²) in [6.45, 7) is 2.26. The third kappa shape index (κ3) is 4.45. The van der Waals surface area contributed by atoms with Crippen LogP contribution >= 0.6 is 43.6 Å². The van der Waals surface area contributed by atoms with E-state index < -0.39 is 0 Å². The Morgan fingerprint density at radius 2 is 1.86 bits per heavy atom. The maximum atomic E-state index is 12.8. The number of hydrogen-bond acceptors (Lipinski definition) is 5. The van der Waals surface area contributed by atoms with Crippen LogP contribution in [0, 0.1) is 0 Å². The summed E-state index contributed by atoms with van der Waals surface area (Å²) in [6, 6.07) is 8.83. The Kier molecular flexibility index (Phi) is 6.15. The molecular formula is C21H18Br2N2O3S. The molecule has 1 saturated heterocycles. The van der Waals surface area contributed by atoms with Crippen LogP contribution < -0.4 is 5.32 Å². The second kappa shape index (κ2) is 8.63. The number of fused-ring (bicyclic) bond motifs is 1. The van der Waals surface area contributed by atoms with E-state index in [2.05, 4.69) is 42.1 Å². The monoisotopic (exact) mass is 536 g/mol. The van der Waals surface area contributed by atoms with Crippen molar-refractivity contribution in [3.63, 3.8) is 0 Å². The summed E-state index contributed by atoms with van der Waals surface area (Å²) in [4.78, 5) is 27.5. The molecule has 0 bridgehead atoms. The molecule has 4 rings (SSSR count).